The number of hydrogen-bond donors (Lipinski definition) is 0. The summed E-state index contributed by atoms with van der Waals surface area (Å²) < 4.78 is 6.32. The highest BCUT2D eigenvalue weighted by Crippen LogP contribution is 2.40. The molecule has 0 aliphatic carbocycles. The van der Waals surface area contributed by atoms with Crippen molar-refractivity contribution >= 4 is 60.5 Å². The molecule has 0 atom stereocenters. The van der Waals surface area contributed by atoms with E-state index in [1.54, 1.807) is 0 Å². The molecule has 0 radical (unpaired) electrons. The van der Waals surface area contributed by atoms with Crippen molar-refractivity contribution < 1.29 is 4.42 Å². The van der Waals surface area contributed by atoms with Gasteiger partial charge in [-0.2, -0.15) is 10.5 Å². The van der Waals surface area contributed by atoms with E-state index in [0.29, 0.717) is 11.1 Å². The van der Waals surface area contributed by atoms with Gasteiger partial charge in [0.1, 0.15) is 11.2 Å². The van der Waals surface area contributed by atoms with E-state index in [2.05, 4.69) is 102 Å². The lowest BCUT2D eigenvalue weighted by molar-refractivity contribution is 0.670. The van der Waals surface area contributed by atoms with Crippen LogP contribution in [0.3, 0.4) is 0 Å². The first-order chi connectivity index (χ1) is 21.7. The number of hydrogen-bond acceptors (Lipinski definition) is 4. The van der Waals surface area contributed by atoms with Crippen LogP contribution < -0.4 is 4.90 Å². The van der Waals surface area contributed by atoms with Gasteiger partial charge in [0.15, 0.2) is 0 Å². The van der Waals surface area contributed by atoms with Gasteiger partial charge in [-0.1, -0.05) is 72.8 Å². The first-order valence-electron chi connectivity index (χ1n) is 14.4. The van der Waals surface area contributed by atoms with Gasteiger partial charge in [0.05, 0.1) is 23.3 Å². The molecule has 0 amide bonds. The third-order valence-corrected chi connectivity index (χ3v) is 8.26. The minimum atomic E-state index is 0.642. The van der Waals surface area contributed by atoms with Crippen molar-refractivity contribution in [2.75, 3.05) is 4.90 Å². The molecule has 7 aromatic carbocycles. The largest absolute Gasteiger partial charge is 0.455 e. The molecular weight excluding hydrogens is 538 g/mol. The van der Waals surface area contributed by atoms with Crippen molar-refractivity contribution in [1.29, 1.82) is 10.5 Å². The molecule has 0 spiro atoms. The standard InChI is InChI=1S/C40H23N3O/c41-24-26-8-10-31-22-34(18-14-29(31)20-26)43(35-19-15-30-21-27(25-42)9-11-32(30)23-35)33-16-12-28(13-17-33)36-5-3-6-38-37-4-1-2-7-39(37)44-40(36)38/h1-23H. The van der Waals surface area contributed by atoms with Crippen molar-refractivity contribution in [1.82, 2.24) is 0 Å². The topological polar surface area (TPSA) is 64.0 Å². The first kappa shape index (κ1) is 25.4. The van der Waals surface area contributed by atoms with Crippen molar-refractivity contribution in [2.45, 2.75) is 0 Å². The number of anilines is 3. The summed E-state index contributed by atoms with van der Waals surface area (Å²) in [5, 5.41) is 25.1. The van der Waals surface area contributed by atoms with E-state index in [0.717, 1.165) is 71.7 Å². The molecule has 44 heavy (non-hydrogen) atoms. The Kier molecular flexibility index (Phi) is 5.86. The molecule has 0 N–H and O–H groups in total. The Morgan fingerprint density at radius 2 is 1.02 bits per heavy atom. The van der Waals surface area contributed by atoms with Gasteiger partial charge in [-0.05, 0) is 93.8 Å². The average molecular weight is 562 g/mol. The van der Waals surface area contributed by atoms with Gasteiger partial charge in [-0.15, -0.1) is 0 Å². The van der Waals surface area contributed by atoms with E-state index in [1.807, 2.05) is 54.6 Å². The number of rotatable bonds is 4. The van der Waals surface area contributed by atoms with Gasteiger partial charge in [0, 0.05) is 33.4 Å². The van der Waals surface area contributed by atoms with Crippen LogP contribution in [0.1, 0.15) is 11.1 Å². The summed E-state index contributed by atoms with van der Waals surface area (Å²) in [5.41, 5.74) is 8.19. The molecule has 1 heterocycles. The van der Waals surface area contributed by atoms with E-state index in [1.165, 1.54) is 0 Å². The van der Waals surface area contributed by atoms with Crippen molar-refractivity contribution in [3.05, 3.63) is 151 Å². The van der Waals surface area contributed by atoms with Crippen LogP contribution in [0.15, 0.2) is 144 Å². The zero-order chi connectivity index (χ0) is 29.6. The third-order valence-electron chi connectivity index (χ3n) is 8.26. The molecule has 0 bridgehead atoms. The van der Waals surface area contributed by atoms with E-state index < -0.39 is 0 Å². The minimum Gasteiger partial charge on any atom is -0.455 e. The lowest BCUT2D eigenvalue weighted by Gasteiger charge is -2.26. The molecule has 0 aliphatic heterocycles. The number of fused-ring (bicyclic) bond motifs is 5. The second kappa shape index (κ2) is 10.2. The molecule has 4 nitrogen and oxygen atoms in total. The maximum Gasteiger partial charge on any atom is 0.143 e. The quantitative estimate of drug-likeness (QED) is 0.214. The lowest BCUT2D eigenvalue weighted by Crippen LogP contribution is -2.10. The van der Waals surface area contributed by atoms with Crippen LogP contribution in [0, 0.1) is 22.7 Å². The second-order valence-electron chi connectivity index (χ2n) is 10.9. The van der Waals surface area contributed by atoms with Gasteiger partial charge in [-0.3, -0.25) is 0 Å². The molecule has 204 valence electrons. The van der Waals surface area contributed by atoms with Crippen molar-refractivity contribution in [3.63, 3.8) is 0 Å². The molecular formula is C40H23N3O. The van der Waals surface area contributed by atoms with E-state index in [9.17, 15) is 10.5 Å². The summed E-state index contributed by atoms with van der Waals surface area (Å²) in [4.78, 5) is 2.24. The number of para-hydroxylation sites is 2. The highest BCUT2D eigenvalue weighted by molar-refractivity contribution is 6.09. The smallest absolute Gasteiger partial charge is 0.143 e. The van der Waals surface area contributed by atoms with E-state index in [4.69, 9.17) is 4.42 Å². The summed E-state index contributed by atoms with van der Waals surface area (Å²) in [6.07, 6.45) is 0. The van der Waals surface area contributed by atoms with Crippen LogP contribution in [0.5, 0.6) is 0 Å². The summed E-state index contributed by atoms with van der Waals surface area (Å²) in [5.74, 6) is 0. The Balaban J connectivity index is 1.26. The van der Waals surface area contributed by atoms with Crippen LogP contribution in [0.25, 0.3) is 54.6 Å². The third kappa shape index (κ3) is 4.22. The van der Waals surface area contributed by atoms with Crippen LogP contribution >= 0.6 is 0 Å². The zero-order valence-electron chi connectivity index (χ0n) is 23.5. The summed E-state index contributed by atoms with van der Waals surface area (Å²) in [7, 11) is 0. The number of furan rings is 1. The monoisotopic (exact) mass is 561 g/mol. The van der Waals surface area contributed by atoms with Crippen molar-refractivity contribution in [2.24, 2.45) is 0 Å². The highest BCUT2D eigenvalue weighted by atomic mass is 16.3. The Bertz CT molecular complexity index is 2380. The second-order valence-corrected chi connectivity index (χ2v) is 10.9. The van der Waals surface area contributed by atoms with Crippen LogP contribution in [0.2, 0.25) is 0 Å². The van der Waals surface area contributed by atoms with Gasteiger partial charge < -0.3 is 9.32 Å². The van der Waals surface area contributed by atoms with Crippen LogP contribution in [-0.2, 0) is 0 Å². The zero-order valence-corrected chi connectivity index (χ0v) is 23.5. The molecule has 0 saturated heterocycles. The average Bonchev–Trinajstić information content (AvgIpc) is 3.47. The minimum absolute atomic E-state index is 0.642. The Hall–Kier alpha value is -6.36. The SMILES string of the molecule is N#Cc1ccc2cc(N(c3ccc(-c4cccc5c4oc4ccccc45)cc3)c3ccc4cc(C#N)ccc4c3)ccc2c1. The predicted octanol–water partition coefficient (Wildman–Crippen LogP) is 10.8. The Morgan fingerprint density at radius 3 is 1.66 bits per heavy atom. The molecule has 1 aromatic heterocycles. The lowest BCUT2D eigenvalue weighted by atomic mass is 10.0. The molecule has 0 saturated carbocycles. The maximum absolute atomic E-state index is 9.37. The number of nitriles is 2. The fourth-order valence-electron chi connectivity index (χ4n) is 6.10. The van der Waals surface area contributed by atoms with Crippen molar-refractivity contribution in [3.8, 4) is 23.3 Å². The molecule has 4 heteroatoms. The summed E-state index contributed by atoms with van der Waals surface area (Å²) in [6, 6.07) is 51.6. The molecule has 8 rings (SSSR count). The van der Waals surface area contributed by atoms with Crippen LogP contribution in [-0.4, -0.2) is 0 Å². The van der Waals surface area contributed by atoms with Crippen LogP contribution in [0.4, 0.5) is 17.1 Å². The molecule has 0 aliphatic rings. The van der Waals surface area contributed by atoms with E-state index in [-0.39, 0.29) is 0 Å². The van der Waals surface area contributed by atoms with E-state index >= 15 is 0 Å². The molecule has 0 fully saturated rings. The number of benzene rings is 7. The fourth-order valence-corrected chi connectivity index (χ4v) is 6.10. The fraction of sp³-hybridized carbons (Fsp3) is 0. The summed E-state index contributed by atoms with van der Waals surface area (Å²) in [6.45, 7) is 0. The molecule has 0 unspecified atom stereocenters. The Morgan fingerprint density at radius 1 is 0.477 bits per heavy atom. The normalized spacial score (nSPS) is 11.1. The summed E-state index contributed by atoms with van der Waals surface area (Å²) >= 11 is 0. The number of nitrogens with zero attached hydrogens (tertiary/aromatic N) is 3. The first-order valence-corrected chi connectivity index (χ1v) is 14.4. The van der Waals surface area contributed by atoms with Gasteiger partial charge >= 0.3 is 0 Å². The van der Waals surface area contributed by atoms with Gasteiger partial charge in [0.2, 0.25) is 0 Å². The highest BCUT2D eigenvalue weighted by Gasteiger charge is 2.16. The Labute approximate surface area is 253 Å². The predicted molar refractivity (Wildman–Crippen MR) is 178 cm³/mol. The maximum atomic E-state index is 9.37. The van der Waals surface area contributed by atoms with Gasteiger partial charge in [0.25, 0.3) is 0 Å². The molecule has 8 aromatic rings. The van der Waals surface area contributed by atoms with Gasteiger partial charge in [-0.25, -0.2) is 0 Å².